The van der Waals surface area contributed by atoms with Gasteiger partial charge in [0, 0.05) is 23.1 Å². The van der Waals surface area contributed by atoms with Gasteiger partial charge in [-0.15, -0.1) is 0 Å². The molecule has 1 aliphatic rings. The Bertz CT molecular complexity index is 434. The van der Waals surface area contributed by atoms with Gasteiger partial charge in [0.15, 0.2) is 0 Å². The monoisotopic (exact) mass is 268 g/mol. The van der Waals surface area contributed by atoms with Crippen molar-refractivity contribution in [3.63, 3.8) is 0 Å². The van der Waals surface area contributed by atoms with Gasteiger partial charge in [-0.2, -0.15) is 0 Å². The molecule has 1 aromatic rings. The van der Waals surface area contributed by atoms with Gasteiger partial charge >= 0.3 is 0 Å². The number of nitrogens with one attached hydrogen (secondary N) is 1. The van der Waals surface area contributed by atoms with Crippen molar-refractivity contribution in [1.82, 2.24) is 0 Å². The minimum absolute atomic E-state index is 0.116. The summed E-state index contributed by atoms with van der Waals surface area (Å²) in [5.74, 6) is 0. The van der Waals surface area contributed by atoms with E-state index in [1.807, 2.05) is 19.1 Å². The summed E-state index contributed by atoms with van der Waals surface area (Å²) in [7, 11) is 0. The average Bonchev–Trinajstić information content (AvgIpc) is 2.32. The molecule has 4 heteroatoms. The van der Waals surface area contributed by atoms with Gasteiger partial charge in [0.2, 0.25) is 0 Å². The molecule has 1 saturated carbocycles. The number of hydrogen-bond acceptors (Lipinski definition) is 3. The van der Waals surface area contributed by atoms with Crippen LogP contribution in [0.15, 0.2) is 18.2 Å². The Kier molecular flexibility index (Phi) is 3.74. The summed E-state index contributed by atoms with van der Waals surface area (Å²) in [6.45, 7) is 7.23. The number of anilines is 2. The van der Waals surface area contributed by atoms with Crippen LogP contribution < -0.4 is 11.1 Å². The van der Waals surface area contributed by atoms with E-state index in [1.54, 1.807) is 6.07 Å². The normalized spacial score (nSPS) is 25.6. The molecule has 18 heavy (non-hydrogen) atoms. The highest BCUT2D eigenvalue weighted by Gasteiger charge is 2.48. The van der Waals surface area contributed by atoms with E-state index in [1.165, 1.54) is 0 Å². The van der Waals surface area contributed by atoms with Gasteiger partial charge in [-0.25, -0.2) is 0 Å². The van der Waals surface area contributed by atoms with Crippen molar-refractivity contribution in [3.8, 4) is 0 Å². The fraction of sp³-hybridized carbons (Fsp3) is 0.571. The van der Waals surface area contributed by atoms with Crippen LogP contribution in [0, 0.1) is 5.41 Å². The van der Waals surface area contributed by atoms with Crippen molar-refractivity contribution in [2.24, 2.45) is 5.41 Å². The molecule has 0 spiro atoms. The summed E-state index contributed by atoms with van der Waals surface area (Å²) in [4.78, 5) is 0. The molecule has 0 aromatic heterocycles. The third kappa shape index (κ3) is 2.43. The Morgan fingerprint density at radius 2 is 2.22 bits per heavy atom. The average molecular weight is 269 g/mol. The summed E-state index contributed by atoms with van der Waals surface area (Å²) in [5.41, 5.74) is 7.71. The van der Waals surface area contributed by atoms with Gasteiger partial charge in [0.25, 0.3) is 0 Å². The highest BCUT2D eigenvalue weighted by atomic mass is 35.5. The maximum atomic E-state index is 5.99. The molecule has 2 unspecified atom stereocenters. The highest BCUT2D eigenvalue weighted by molar-refractivity contribution is 6.31. The second kappa shape index (κ2) is 4.98. The minimum atomic E-state index is 0.116. The minimum Gasteiger partial charge on any atom is -0.397 e. The van der Waals surface area contributed by atoms with Crippen LogP contribution in [0.3, 0.4) is 0 Å². The van der Waals surface area contributed by atoms with Crippen molar-refractivity contribution in [2.75, 3.05) is 17.7 Å². The Morgan fingerprint density at radius 1 is 1.50 bits per heavy atom. The van der Waals surface area contributed by atoms with E-state index in [4.69, 9.17) is 22.1 Å². The summed E-state index contributed by atoms with van der Waals surface area (Å²) in [5, 5.41) is 4.18. The van der Waals surface area contributed by atoms with Crippen molar-refractivity contribution in [1.29, 1.82) is 0 Å². The van der Waals surface area contributed by atoms with E-state index >= 15 is 0 Å². The highest BCUT2D eigenvalue weighted by Crippen LogP contribution is 2.45. The topological polar surface area (TPSA) is 47.3 Å². The fourth-order valence-corrected chi connectivity index (χ4v) is 2.63. The standard InChI is InChI=1S/C14H21ClN2O/c1-4-18-13-8-12(14(13,2)3)17-11-7-9(15)5-6-10(11)16/h5-7,12-13,17H,4,8,16H2,1-3H3. The molecule has 0 radical (unpaired) electrons. The number of benzene rings is 1. The van der Waals surface area contributed by atoms with Crippen LogP contribution in [0.25, 0.3) is 0 Å². The summed E-state index contributed by atoms with van der Waals surface area (Å²) < 4.78 is 5.72. The van der Waals surface area contributed by atoms with Gasteiger partial charge < -0.3 is 15.8 Å². The molecule has 3 N–H and O–H groups in total. The van der Waals surface area contributed by atoms with Crippen molar-refractivity contribution < 1.29 is 4.74 Å². The molecule has 0 amide bonds. The first kappa shape index (κ1) is 13.5. The van der Waals surface area contributed by atoms with Crippen LogP contribution in [0.5, 0.6) is 0 Å². The Labute approximate surface area is 114 Å². The summed E-state index contributed by atoms with van der Waals surface area (Å²) >= 11 is 5.99. The van der Waals surface area contributed by atoms with Gasteiger partial charge in [-0.1, -0.05) is 25.4 Å². The van der Waals surface area contributed by atoms with E-state index in [0.717, 1.165) is 24.4 Å². The van der Waals surface area contributed by atoms with Gasteiger partial charge in [-0.3, -0.25) is 0 Å². The predicted octanol–water partition coefficient (Wildman–Crippen LogP) is 3.54. The van der Waals surface area contributed by atoms with Gasteiger partial charge in [0.1, 0.15) is 0 Å². The van der Waals surface area contributed by atoms with Crippen molar-refractivity contribution in [3.05, 3.63) is 23.2 Å². The molecular weight excluding hydrogens is 248 g/mol. The van der Waals surface area contributed by atoms with Crippen LogP contribution in [0.2, 0.25) is 5.02 Å². The van der Waals surface area contributed by atoms with Gasteiger partial charge in [0.05, 0.1) is 17.5 Å². The smallest absolute Gasteiger partial charge is 0.0665 e. The van der Waals surface area contributed by atoms with E-state index in [2.05, 4.69) is 19.2 Å². The zero-order valence-corrected chi connectivity index (χ0v) is 11.9. The molecule has 0 saturated heterocycles. The maximum absolute atomic E-state index is 5.99. The Balaban J connectivity index is 2.05. The molecule has 2 atom stereocenters. The SMILES string of the molecule is CCOC1CC(Nc2cc(Cl)ccc2N)C1(C)C. The first-order valence-electron chi connectivity index (χ1n) is 6.38. The zero-order chi connectivity index (χ0) is 13.3. The number of nitrogens with two attached hydrogens (primary N) is 1. The molecule has 3 nitrogen and oxygen atoms in total. The molecule has 2 rings (SSSR count). The van der Waals surface area contributed by atoms with Crippen LogP contribution in [-0.4, -0.2) is 18.8 Å². The number of ether oxygens (including phenoxy) is 1. The molecule has 0 aliphatic heterocycles. The second-order valence-electron chi connectivity index (χ2n) is 5.43. The molecule has 100 valence electrons. The van der Waals surface area contributed by atoms with E-state index in [9.17, 15) is 0 Å². The molecule has 0 bridgehead atoms. The quantitative estimate of drug-likeness (QED) is 0.821. The van der Waals surface area contributed by atoms with E-state index < -0.39 is 0 Å². The van der Waals surface area contributed by atoms with E-state index in [-0.39, 0.29) is 5.41 Å². The lowest BCUT2D eigenvalue weighted by atomic mass is 9.64. The molecule has 1 fully saturated rings. The molecular formula is C14H21ClN2O. The predicted molar refractivity (Wildman–Crippen MR) is 77.1 cm³/mol. The fourth-order valence-electron chi connectivity index (χ4n) is 2.46. The van der Waals surface area contributed by atoms with Gasteiger partial charge in [-0.05, 0) is 31.5 Å². The Morgan fingerprint density at radius 3 is 2.83 bits per heavy atom. The largest absolute Gasteiger partial charge is 0.397 e. The number of rotatable bonds is 4. The lowest BCUT2D eigenvalue weighted by Gasteiger charge is -2.52. The second-order valence-corrected chi connectivity index (χ2v) is 5.87. The first-order valence-corrected chi connectivity index (χ1v) is 6.76. The lowest BCUT2D eigenvalue weighted by molar-refractivity contribution is -0.0975. The third-order valence-corrected chi connectivity index (χ3v) is 4.13. The van der Waals surface area contributed by atoms with Crippen molar-refractivity contribution in [2.45, 2.75) is 39.3 Å². The first-order chi connectivity index (χ1) is 8.45. The lowest BCUT2D eigenvalue weighted by Crippen LogP contribution is -2.58. The summed E-state index contributed by atoms with van der Waals surface area (Å²) in [6.07, 6.45) is 1.33. The van der Waals surface area contributed by atoms with Crippen LogP contribution in [-0.2, 0) is 4.74 Å². The van der Waals surface area contributed by atoms with E-state index in [0.29, 0.717) is 17.2 Å². The maximum Gasteiger partial charge on any atom is 0.0665 e. The zero-order valence-electron chi connectivity index (χ0n) is 11.2. The van der Waals surface area contributed by atoms with Crippen LogP contribution >= 0.6 is 11.6 Å². The third-order valence-electron chi connectivity index (χ3n) is 3.89. The number of nitrogen functional groups attached to an aromatic ring is 1. The molecule has 1 aromatic carbocycles. The summed E-state index contributed by atoms with van der Waals surface area (Å²) in [6, 6.07) is 5.88. The van der Waals surface area contributed by atoms with Crippen LogP contribution in [0.4, 0.5) is 11.4 Å². The van der Waals surface area contributed by atoms with Crippen molar-refractivity contribution >= 4 is 23.0 Å². The Hall–Kier alpha value is -0.930. The number of hydrogen-bond donors (Lipinski definition) is 2. The molecule has 0 heterocycles. The number of halogens is 1. The molecule has 1 aliphatic carbocycles. The van der Waals surface area contributed by atoms with Crippen LogP contribution in [0.1, 0.15) is 27.2 Å².